The minimum atomic E-state index is -0.134. The number of carbonyl (C=O) groups is 1. The number of nitrogens with two attached hydrogens (primary N) is 1. The number of nitrogens with one attached hydrogen (secondary N) is 2. The molecule has 1 aliphatic heterocycles. The van der Waals surface area contributed by atoms with Crippen LogP contribution in [0.15, 0.2) is 72.8 Å². The van der Waals surface area contributed by atoms with E-state index in [-0.39, 0.29) is 5.91 Å². The minimum Gasteiger partial charge on any atom is -0.399 e. The monoisotopic (exact) mass is 341 g/mol. The summed E-state index contributed by atoms with van der Waals surface area (Å²) < 4.78 is 0. The molecule has 26 heavy (non-hydrogen) atoms. The zero-order valence-electron chi connectivity index (χ0n) is 14.4. The highest BCUT2D eigenvalue weighted by Crippen LogP contribution is 2.38. The van der Waals surface area contributed by atoms with Gasteiger partial charge in [-0.15, -0.1) is 0 Å². The molecule has 0 aliphatic carbocycles. The number of benzene rings is 3. The van der Waals surface area contributed by atoms with Gasteiger partial charge in [-0.2, -0.15) is 0 Å². The average Bonchev–Trinajstić information content (AvgIpc) is 2.97. The third kappa shape index (κ3) is 2.82. The standard InChI is InChI=1S/C22H19N3O/c1-14-7-5-6-10-18(14)24-21(15-8-3-2-4-9-15)20-17-13-16(23)11-12-19(17)25-22(20)26/h2-13,24H,23H2,1H3,(H,25,26)/b21-20-. The first kappa shape index (κ1) is 16.0. The Morgan fingerprint density at radius 2 is 1.69 bits per heavy atom. The fraction of sp³-hybridized carbons (Fsp3) is 0.0455. The Kier molecular flexibility index (Phi) is 3.93. The van der Waals surface area contributed by atoms with Crippen LogP contribution in [-0.2, 0) is 4.79 Å². The minimum absolute atomic E-state index is 0.134. The Morgan fingerprint density at radius 3 is 2.46 bits per heavy atom. The van der Waals surface area contributed by atoms with E-state index in [1.807, 2.05) is 73.7 Å². The molecule has 3 aromatic carbocycles. The van der Waals surface area contributed by atoms with E-state index in [1.54, 1.807) is 6.07 Å². The van der Waals surface area contributed by atoms with Gasteiger partial charge in [0.15, 0.2) is 0 Å². The molecule has 1 amide bonds. The predicted molar refractivity (Wildman–Crippen MR) is 108 cm³/mol. The van der Waals surface area contributed by atoms with Gasteiger partial charge in [0, 0.05) is 22.6 Å². The second-order valence-corrected chi connectivity index (χ2v) is 6.32. The highest BCUT2D eigenvalue weighted by Gasteiger charge is 2.28. The molecule has 128 valence electrons. The average molecular weight is 341 g/mol. The highest BCUT2D eigenvalue weighted by atomic mass is 16.2. The van der Waals surface area contributed by atoms with E-state index in [0.717, 1.165) is 33.8 Å². The molecule has 4 heteroatoms. The Morgan fingerprint density at radius 1 is 0.962 bits per heavy atom. The number of aryl methyl sites for hydroxylation is 1. The van der Waals surface area contributed by atoms with E-state index in [2.05, 4.69) is 10.6 Å². The second-order valence-electron chi connectivity index (χ2n) is 6.32. The normalized spacial score (nSPS) is 14.6. The summed E-state index contributed by atoms with van der Waals surface area (Å²) in [6, 6.07) is 23.3. The molecule has 0 radical (unpaired) electrons. The molecule has 3 aromatic rings. The van der Waals surface area contributed by atoms with Gasteiger partial charge in [0.1, 0.15) is 0 Å². The van der Waals surface area contributed by atoms with E-state index in [0.29, 0.717) is 11.3 Å². The summed E-state index contributed by atoms with van der Waals surface area (Å²) in [6.07, 6.45) is 0. The van der Waals surface area contributed by atoms with Crippen molar-refractivity contribution in [1.29, 1.82) is 0 Å². The van der Waals surface area contributed by atoms with Gasteiger partial charge < -0.3 is 16.4 Å². The maximum atomic E-state index is 12.8. The Balaban J connectivity index is 1.94. The smallest absolute Gasteiger partial charge is 0.258 e. The quantitative estimate of drug-likeness (QED) is 0.485. The third-order valence-corrected chi connectivity index (χ3v) is 4.51. The summed E-state index contributed by atoms with van der Waals surface area (Å²) in [7, 11) is 0. The molecule has 0 aromatic heterocycles. The number of rotatable bonds is 3. The van der Waals surface area contributed by atoms with E-state index in [1.165, 1.54) is 0 Å². The van der Waals surface area contributed by atoms with Gasteiger partial charge in [0.05, 0.1) is 11.3 Å². The Hall–Kier alpha value is -3.53. The van der Waals surface area contributed by atoms with Crippen molar-refractivity contribution in [2.75, 3.05) is 16.4 Å². The molecule has 0 fully saturated rings. The number of hydrogen-bond donors (Lipinski definition) is 3. The van der Waals surface area contributed by atoms with Crippen molar-refractivity contribution in [1.82, 2.24) is 0 Å². The summed E-state index contributed by atoms with van der Waals surface area (Å²) in [6.45, 7) is 2.04. The van der Waals surface area contributed by atoms with Crippen molar-refractivity contribution < 1.29 is 4.79 Å². The molecule has 0 saturated heterocycles. The molecule has 0 atom stereocenters. The van der Waals surface area contributed by atoms with Gasteiger partial charge in [0.25, 0.3) is 5.91 Å². The van der Waals surface area contributed by atoms with Crippen molar-refractivity contribution in [3.63, 3.8) is 0 Å². The van der Waals surface area contributed by atoms with Gasteiger partial charge in [-0.05, 0) is 42.3 Å². The first-order valence-electron chi connectivity index (χ1n) is 8.47. The van der Waals surface area contributed by atoms with Crippen LogP contribution >= 0.6 is 0 Å². The highest BCUT2D eigenvalue weighted by molar-refractivity contribution is 6.37. The van der Waals surface area contributed by atoms with Crippen LogP contribution < -0.4 is 16.4 Å². The van der Waals surface area contributed by atoms with Crippen LogP contribution in [0.4, 0.5) is 17.1 Å². The Labute approximate surface area is 152 Å². The lowest BCUT2D eigenvalue weighted by Gasteiger charge is -2.16. The van der Waals surface area contributed by atoms with Crippen molar-refractivity contribution in [2.24, 2.45) is 0 Å². The molecule has 0 unspecified atom stereocenters. The summed E-state index contributed by atoms with van der Waals surface area (Å²) in [5.41, 5.74) is 12.6. The van der Waals surface area contributed by atoms with E-state index in [4.69, 9.17) is 5.73 Å². The topological polar surface area (TPSA) is 67.2 Å². The first-order valence-corrected chi connectivity index (χ1v) is 8.47. The van der Waals surface area contributed by atoms with Crippen LogP contribution in [0.25, 0.3) is 11.3 Å². The van der Waals surface area contributed by atoms with Crippen LogP contribution in [0.5, 0.6) is 0 Å². The van der Waals surface area contributed by atoms with Crippen molar-refractivity contribution in [3.8, 4) is 0 Å². The molecular weight excluding hydrogens is 322 g/mol. The fourth-order valence-corrected chi connectivity index (χ4v) is 3.16. The van der Waals surface area contributed by atoms with Gasteiger partial charge in [-0.3, -0.25) is 4.79 Å². The number of fused-ring (bicyclic) bond motifs is 1. The molecule has 1 heterocycles. The van der Waals surface area contributed by atoms with Crippen LogP contribution in [0.1, 0.15) is 16.7 Å². The number of anilines is 3. The van der Waals surface area contributed by atoms with E-state index < -0.39 is 0 Å². The van der Waals surface area contributed by atoms with Crippen LogP contribution in [0.3, 0.4) is 0 Å². The summed E-state index contributed by atoms with van der Waals surface area (Å²) in [5, 5.41) is 6.41. The van der Waals surface area contributed by atoms with Crippen LogP contribution in [0.2, 0.25) is 0 Å². The molecule has 1 aliphatic rings. The summed E-state index contributed by atoms with van der Waals surface area (Å²) in [5.74, 6) is -0.134. The van der Waals surface area contributed by atoms with Gasteiger partial charge in [0.2, 0.25) is 0 Å². The lowest BCUT2D eigenvalue weighted by atomic mass is 9.99. The van der Waals surface area contributed by atoms with E-state index >= 15 is 0 Å². The molecule has 4 nitrogen and oxygen atoms in total. The molecule has 0 saturated carbocycles. The van der Waals surface area contributed by atoms with Crippen molar-refractivity contribution >= 4 is 34.2 Å². The van der Waals surface area contributed by atoms with E-state index in [9.17, 15) is 4.79 Å². The molecule has 0 bridgehead atoms. The number of nitrogen functional groups attached to an aromatic ring is 1. The summed E-state index contributed by atoms with van der Waals surface area (Å²) >= 11 is 0. The molecular formula is C22H19N3O. The second kappa shape index (κ2) is 6.41. The lowest BCUT2D eigenvalue weighted by Crippen LogP contribution is -2.10. The van der Waals surface area contributed by atoms with Gasteiger partial charge in [-0.25, -0.2) is 0 Å². The zero-order chi connectivity index (χ0) is 18.1. The third-order valence-electron chi connectivity index (χ3n) is 4.51. The van der Waals surface area contributed by atoms with Gasteiger partial charge >= 0.3 is 0 Å². The fourth-order valence-electron chi connectivity index (χ4n) is 3.16. The van der Waals surface area contributed by atoms with Crippen molar-refractivity contribution in [2.45, 2.75) is 6.92 Å². The van der Waals surface area contributed by atoms with Crippen LogP contribution in [0, 0.1) is 6.92 Å². The zero-order valence-corrected chi connectivity index (χ0v) is 14.4. The number of para-hydroxylation sites is 1. The molecule has 4 N–H and O–H groups in total. The van der Waals surface area contributed by atoms with Gasteiger partial charge in [-0.1, -0.05) is 48.5 Å². The van der Waals surface area contributed by atoms with Crippen molar-refractivity contribution in [3.05, 3.63) is 89.5 Å². The predicted octanol–water partition coefficient (Wildman–Crippen LogP) is 4.51. The maximum Gasteiger partial charge on any atom is 0.258 e. The lowest BCUT2D eigenvalue weighted by molar-refractivity contribution is -0.110. The molecule has 4 rings (SSSR count). The molecule has 0 spiro atoms. The Bertz CT molecular complexity index is 1020. The maximum absolute atomic E-state index is 12.8. The first-order chi connectivity index (χ1) is 12.6. The van der Waals surface area contributed by atoms with Crippen LogP contribution in [-0.4, -0.2) is 5.91 Å². The SMILES string of the molecule is Cc1ccccc1N/C(=C1\C(=O)Nc2ccc(N)cc21)c1ccccc1. The summed E-state index contributed by atoms with van der Waals surface area (Å²) in [4.78, 5) is 12.8. The number of amides is 1. The number of hydrogen-bond acceptors (Lipinski definition) is 3. The largest absolute Gasteiger partial charge is 0.399 e. The number of carbonyl (C=O) groups excluding carboxylic acids is 1.